The normalized spacial score (nSPS) is 16.1. The van der Waals surface area contributed by atoms with E-state index in [1.165, 1.54) is 0 Å². The molecule has 0 unspecified atom stereocenters. The summed E-state index contributed by atoms with van der Waals surface area (Å²) in [5.41, 5.74) is 0.795. The Labute approximate surface area is 121 Å². The maximum atomic E-state index is 12.3. The Kier molecular flexibility index (Phi) is 5.33. The van der Waals surface area contributed by atoms with E-state index in [4.69, 9.17) is 0 Å². The lowest BCUT2D eigenvalue weighted by atomic mass is 9.89. The predicted molar refractivity (Wildman–Crippen MR) is 79.6 cm³/mol. The second kappa shape index (κ2) is 7.22. The molecule has 0 N–H and O–H groups in total. The quantitative estimate of drug-likeness (QED) is 0.772. The average molecular weight is 273 g/mol. The van der Waals surface area contributed by atoms with E-state index in [1.54, 1.807) is 0 Å². The smallest absolute Gasteiger partial charge is 0.222 e. The monoisotopic (exact) mass is 273 g/mol. The van der Waals surface area contributed by atoms with E-state index in [-0.39, 0.29) is 17.6 Å². The summed E-state index contributed by atoms with van der Waals surface area (Å²) in [4.78, 5) is 26.2. The van der Waals surface area contributed by atoms with Crippen LogP contribution >= 0.6 is 0 Å². The zero-order valence-corrected chi connectivity index (χ0v) is 12.2. The highest BCUT2D eigenvalue weighted by atomic mass is 16.2. The number of nitrogens with zero attached hydrogens (tertiary/aromatic N) is 1. The Morgan fingerprint density at radius 2 is 1.80 bits per heavy atom. The van der Waals surface area contributed by atoms with Crippen LogP contribution in [-0.2, 0) is 4.79 Å². The van der Waals surface area contributed by atoms with E-state index >= 15 is 0 Å². The van der Waals surface area contributed by atoms with Gasteiger partial charge in [-0.05, 0) is 19.3 Å². The van der Waals surface area contributed by atoms with Crippen molar-refractivity contribution in [1.29, 1.82) is 0 Å². The maximum Gasteiger partial charge on any atom is 0.222 e. The Balaban J connectivity index is 1.85. The molecule has 1 saturated heterocycles. The molecule has 3 heteroatoms. The van der Waals surface area contributed by atoms with E-state index < -0.39 is 0 Å². The molecule has 3 nitrogen and oxygen atoms in total. The van der Waals surface area contributed by atoms with Crippen LogP contribution in [0.4, 0.5) is 0 Å². The van der Waals surface area contributed by atoms with Crippen LogP contribution in [0.2, 0.25) is 0 Å². The van der Waals surface area contributed by atoms with Crippen LogP contribution in [0.25, 0.3) is 0 Å². The summed E-state index contributed by atoms with van der Waals surface area (Å²) in [5.74, 6) is 0.552. The molecule has 0 bridgehead atoms. The highest BCUT2D eigenvalue weighted by Gasteiger charge is 2.27. The number of unbranched alkanes of at least 4 members (excludes halogenated alkanes) is 1. The molecule has 1 amide bonds. The van der Waals surface area contributed by atoms with E-state index in [0.29, 0.717) is 6.42 Å². The first-order valence-corrected chi connectivity index (χ1v) is 7.59. The van der Waals surface area contributed by atoms with Gasteiger partial charge in [-0.3, -0.25) is 9.59 Å². The van der Waals surface area contributed by atoms with Gasteiger partial charge in [0.1, 0.15) is 0 Å². The lowest BCUT2D eigenvalue weighted by Crippen LogP contribution is -2.40. The molecule has 0 spiro atoms. The molecule has 2 rings (SSSR count). The largest absolute Gasteiger partial charge is 0.343 e. The Hall–Kier alpha value is -1.64. The van der Waals surface area contributed by atoms with Gasteiger partial charge in [-0.1, -0.05) is 43.7 Å². The fraction of sp³-hybridized carbons (Fsp3) is 0.529. The van der Waals surface area contributed by atoms with Crippen LogP contribution < -0.4 is 0 Å². The number of ketones is 1. The van der Waals surface area contributed by atoms with Crippen molar-refractivity contribution < 1.29 is 9.59 Å². The lowest BCUT2D eigenvalue weighted by molar-refractivity contribution is -0.132. The molecular weight excluding hydrogens is 250 g/mol. The van der Waals surface area contributed by atoms with E-state index in [2.05, 4.69) is 6.92 Å². The Bertz CT molecular complexity index is 447. The predicted octanol–water partition coefficient (Wildman–Crippen LogP) is 3.30. The van der Waals surface area contributed by atoms with Crippen molar-refractivity contribution in [3.05, 3.63) is 35.9 Å². The molecular formula is C17H23NO2. The van der Waals surface area contributed by atoms with Crippen LogP contribution in [0.3, 0.4) is 0 Å². The van der Waals surface area contributed by atoms with Gasteiger partial charge < -0.3 is 4.90 Å². The first-order valence-electron chi connectivity index (χ1n) is 7.59. The number of benzene rings is 1. The van der Waals surface area contributed by atoms with Crippen molar-refractivity contribution in [3.63, 3.8) is 0 Å². The molecule has 0 atom stereocenters. The lowest BCUT2D eigenvalue weighted by Gasteiger charge is -2.31. The molecule has 1 aromatic carbocycles. The summed E-state index contributed by atoms with van der Waals surface area (Å²) in [7, 11) is 0. The molecule has 0 aromatic heterocycles. The summed E-state index contributed by atoms with van der Waals surface area (Å²) in [6, 6.07) is 9.47. The first-order chi connectivity index (χ1) is 9.72. The van der Waals surface area contributed by atoms with Crippen molar-refractivity contribution in [3.8, 4) is 0 Å². The fourth-order valence-electron chi connectivity index (χ4n) is 2.72. The fourth-order valence-corrected chi connectivity index (χ4v) is 2.72. The molecule has 108 valence electrons. The number of hydrogen-bond acceptors (Lipinski definition) is 2. The Morgan fingerprint density at radius 1 is 1.15 bits per heavy atom. The van der Waals surface area contributed by atoms with E-state index in [9.17, 15) is 9.59 Å². The maximum absolute atomic E-state index is 12.3. The highest BCUT2D eigenvalue weighted by molar-refractivity contribution is 5.98. The summed E-state index contributed by atoms with van der Waals surface area (Å²) < 4.78 is 0. The van der Waals surface area contributed by atoms with Crippen molar-refractivity contribution in [1.82, 2.24) is 4.90 Å². The van der Waals surface area contributed by atoms with Crippen molar-refractivity contribution in [2.75, 3.05) is 13.1 Å². The van der Waals surface area contributed by atoms with Gasteiger partial charge in [0.2, 0.25) is 5.91 Å². The summed E-state index contributed by atoms with van der Waals surface area (Å²) >= 11 is 0. The molecule has 1 fully saturated rings. The Morgan fingerprint density at radius 3 is 2.40 bits per heavy atom. The molecule has 0 saturated carbocycles. The average Bonchev–Trinajstić information content (AvgIpc) is 2.53. The highest BCUT2D eigenvalue weighted by Crippen LogP contribution is 2.22. The molecule has 0 aliphatic carbocycles. The van der Waals surface area contributed by atoms with Crippen molar-refractivity contribution in [2.45, 2.75) is 39.0 Å². The summed E-state index contributed by atoms with van der Waals surface area (Å²) in [6.07, 6.45) is 4.25. The second-order valence-corrected chi connectivity index (χ2v) is 5.49. The van der Waals surface area contributed by atoms with Gasteiger partial charge in [0.25, 0.3) is 0 Å². The number of rotatable bonds is 5. The SMILES string of the molecule is CCCCC(=O)N1CCC(C(=O)c2ccccc2)CC1. The van der Waals surface area contributed by atoms with Gasteiger partial charge >= 0.3 is 0 Å². The van der Waals surface area contributed by atoms with Gasteiger partial charge in [0.05, 0.1) is 0 Å². The van der Waals surface area contributed by atoms with Crippen molar-refractivity contribution >= 4 is 11.7 Å². The molecule has 1 aromatic rings. The van der Waals surface area contributed by atoms with Gasteiger partial charge in [0, 0.05) is 31.0 Å². The molecule has 20 heavy (non-hydrogen) atoms. The number of amides is 1. The third kappa shape index (κ3) is 3.69. The van der Waals surface area contributed by atoms with Crippen LogP contribution in [0.5, 0.6) is 0 Å². The van der Waals surface area contributed by atoms with Crippen molar-refractivity contribution in [2.24, 2.45) is 5.92 Å². The molecule has 1 aliphatic heterocycles. The third-order valence-electron chi connectivity index (χ3n) is 4.02. The standard InChI is InChI=1S/C17H23NO2/c1-2-3-9-16(19)18-12-10-15(11-13-18)17(20)14-7-5-4-6-8-14/h4-8,15H,2-3,9-13H2,1H3. The number of carbonyl (C=O) groups excluding carboxylic acids is 2. The number of hydrogen-bond donors (Lipinski definition) is 0. The number of Topliss-reactive ketones (excluding diaryl/α,β-unsaturated/α-hetero) is 1. The summed E-state index contributed by atoms with van der Waals surface area (Å²) in [5, 5.41) is 0. The second-order valence-electron chi connectivity index (χ2n) is 5.49. The molecule has 1 heterocycles. The number of piperidine rings is 1. The zero-order chi connectivity index (χ0) is 14.4. The minimum atomic E-state index is 0.0765. The number of carbonyl (C=O) groups is 2. The minimum Gasteiger partial charge on any atom is -0.343 e. The third-order valence-corrected chi connectivity index (χ3v) is 4.02. The first kappa shape index (κ1) is 14.8. The van der Waals surface area contributed by atoms with Crippen LogP contribution in [0.15, 0.2) is 30.3 Å². The zero-order valence-electron chi connectivity index (χ0n) is 12.2. The van der Waals surface area contributed by atoms with Crippen LogP contribution in [0, 0.1) is 5.92 Å². The molecule has 1 aliphatic rings. The van der Waals surface area contributed by atoms with E-state index in [1.807, 2.05) is 35.2 Å². The summed E-state index contributed by atoms with van der Waals surface area (Å²) in [6.45, 7) is 3.55. The number of likely N-dealkylation sites (tertiary alicyclic amines) is 1. The van der Waals surface area contributed by atoms with Gasteiger partial charge in [-0.2, -0.15) is 0 Å². The topological polar surface area (TPSA) is 37.4 Å². The van der Waals surface area contributed by atoms with Gasteiger partial charge in [-0.25, -0.2) is 0 Å². The van der Waals surface area contributed by atoms with E-state index in [0.717, 1.165) is 44.3 Å². The molecule has 0 radical (unpaired) electrons. The van der Waals surface area contributed by atoms with Gasteiger partial charge in [0.15, 0.2) is 5.78 Å². The van der Waals surface area contributed by atoms with Crippen LogP contribution in [-0.4, -0.2) is 29.7 Å². The van der Waals surface area contributed by atoms with Gasteiger partial charge in [-0.15, -0.1) is 0 Å². The van der Waals surface area contributed by atoms with Crippen LogP contribution in [0.1, 0.15) is 49.4 Å². The minimum absolute atomic E-state index is 0.0765.